The van der Waals surface area contributed by atoms with Crippen molar-refractivity contribution in [2.45, 2.75) is 13.5 Å². The van der Waals surface area contributed by atoms with Gasteiger partial charge in [-0.3, -0.25) is 4.79 Å². The Morgan fingerprint density at radius 1 is 1.26 bits per heavy atom. The fraction of sp³-hybridized carbons (Fsp3) is 0.143. The van der Waals surface area contributed by atoms with Gasteiger partial charge in [-0.1, -0.05) is 40.3 Å². The number of hydrogen-bond acceptors (Lipinski definition) is 2. The minimum atomic E-state index is -0.143. The molecule has 0 bridgehead atoms. The minimum Gasteiger partial charge on any atom is -0.389 e. The number of benzene rings is 1. The third kappa shape index (κ3) is 3.11. The van der Waals surface area contributed by atoms with E-state index < -0.39 is 0 Å². The summed E-state index contributed by atoms with van der Waals surface area (Å²) in [6, 6.07) is 11.4. The standard InChI is InChI=1S/C14H13BrN2OS/c1-9-2-7-12(13(16)19)14(18)17(9)8-10-3-5-11(15)6-4-10/h2-7H,8H2,1H3,(H2,16,19). The summed E-state index contributed by atoms with van der Waals surface area (Å²) < 4.78 is 2.69. The molecule has 5 heteroatoms. The fourth-order valence-corrected chi connectivity index (χ4v) is 2.25. The summed E-state index contributed by atoms with van der Waals surface area (Å²) in [6.07, 6.45) is 0. The molecule has 1 heterocycles. The van der Waals surface area contributed by atoms with Crippen molar-refractivity contribution in [3.05, 3.63) is 68.0 Å². The van der Waals surface area contributed by atoms with Crippen LogP contribution in [0.1, 0.15) is 16.8 Å². The minimum absolute atomic E-state index is 0.134. The first-order valence-corrected chi connectivity index (χ1v) is 6.94. The number of aromatic nitrogens is 1. The molecule has 1 aromatic carbocycles. The topological polar surface area (TPSA) is 48.0 Å². The van der Waals surface area contributed by atoms with Crippen LogP contribution in [0.15, 0.2) is 45.7 Å². The number of pyridine rings is 1. The van der Waals surface area contributed by atoms with Crippen LogP contribution in [-0.2, 0) is 6.54 Å². The number of aryl methyl sites for hydroxylation is 1. The van der Waals surface area contributed by atoms with E-state index in [4.69, 9.17) is 18.0 Å². The summed E-state index contributed by atoms with van der Waals surface area (Å²) in [5, 5.41) is 0. The zero-order chi connectivity index (χ0) is 14.0. The van der Waals surface area contributed by atoms with E-state index in [1.54, 1.807) is 10.6 Å². The van der Waals surface area contributed by atoms with Crippen molar-refractivity contribution in [2.24, 2.45) is 5.73 Å². The van der Waals surface area contributed by atoms with Crippen LogP contribution in [0.4, 0.5) is 0 Å². The van der Waals surface area contributed by atoms with E-state index in [0.717, 1.165) is 15.7 Å². The molecule has 0 saturated heterocycles. The van der Waals surface area contributed by atoms with Crippen LogP contribution < -0.4 is 11.3 Å². The summed E-state index contributed by atoms with van der Waals surface area (Å²) in [5.41, 5.74) is 7.73. The van der Waals surface area contributed by atoms with Gasteiger partial charge in [-0.05, 0) is 36.8 Å². The Morgan fingerprint density at radius 3 is 2.47 bits per heavy atom. The Morgan fingerprint density at radius 2 is 1.89 bits per heavy atom. The number of nitrogens with two attached hydrogens (primary N) is 1. The highest BCUT2D eigenvalue weighted by Gasteiger charge is 2.08. The molecule has 0 saturated carbocycles. The van der Waals surface area contributed by atoms with E-state index in [2.05, 4.69) is 15.9 Å². The van der Waals surface area contributed by atoms with Crippen LogP contribution >= 0.6 is 28.1 Å². The Hall–Kier alpha value is -1.46. The average molecular weight is 337 g/mol. The first kappa shape index (κ1) is 14.0. The third-order valence-corrected chi connectivity index (χ3v) is 3.66. The quantitative estimate of drug-likeness (QED) is 0.876. The van der Waals surface area contributed by atoms with Gasteiger partial charge < -0.3 is 10.3 Å². The van der Waals surface area contributed by atoms with Gasteiger partial charge in [-0.25, -0.2) is 0 Å². The first-order chi connectivity index (χ1) is 8.99. The molecule has 0 aliphatic rings. The maximum atomic E-state index is 12.3. The van der Waals surface area contributed by atoms with Crippen LogP contribution in [0.5, 0.6) is 0 Å². The molecule has 0 aliphatic carbocycles. The monoisotopic (exact) mass is 336 g/mol. The molecule has 1 aromatic heterocycles. The predicted octanol–water partition coefficient (Wildman–Crippen LogP) is 2.60. The average Bonchev–Trinajstić information content (AvgIpc) is 2.36. The molecule has 0 atom stereocenters. The van der Waals surface area contributed by atoms with Gasteiger partial charge >= 0.3 is 0 Å². The SMILES string of the molecule is Cc1ccc(C(N)=S)c(=O)n1Cc1ccc(Br)cc1. The first-order valence-electron chi connectivity index (χ1n) is 5.73. The molecule has 2 aromatic rings. The van der Waals surface area contributed by atoms with E-state index >= 15 is 0 Å². The molecule has 19 heavy (non-hydrogen) atoms. The zero-order valence-corrected chi connectivity index (χ0v) is 12.8. The van der Waals surface area contributed by atoms with Gasteiger partial charge in [-0.15, -0.1) is 0 Å². The smallest absolute Gasteiger partial charge is 0.261 e. The fourth-order valence-electron chi connectivity index (χ4n) is 1.83. The van der Waals surface area contributed by atoms with Crippen LogP contribution in [0.3, 0.4) is 0 Å². The van der Waals surface area contributed by atoms with E-state index in [9.17, 15) is 4.79 Å². The second-order valence-corrected chi connectivity index (χ2v) is 5.63. The molecule has 0 spiro atoms. The molecular weight excluding hydrogens is 324 g/mol. The molecule has 2 rings (SSSR count). The highest BCUT2D eigenvalue weighted by molar-refractivity contribution is 9.10. The van der Waals surface area contributed by atoms with Gasteiger partial charge in [0.1, 0.15) is 4.99 Å². The van der Waals surface area contributed by atoms with Gasteiger partial charge in [0.15, 0.2) is 0 Å². The maximum absolute atomic E-state index is 12.3. The van der Waals surface area contributed by atoms with E-state index in [-0.39, 0.29) is 10.5 Å². The highest BCUT2D eigenvalue weighted by Crippen LogP contribution is 2.12. The zero-order valence-electron chi connectivity index (χ0n) is 10.4. The van der Waals surface area contributed by atoms with Crippen molar-refractivity contribution < 1.29 is 0 Å². The van der Waals surface area contributed by atoms with Crippen molar-refractivity contribution >= 4 is 33.1 Å². The van der Waals surface area contributed by atoms with Crippen molar-refractivity contribution in [1.82, 2.24) is 4.57 Å². The summed E-state index contributed by atoms with van der Waals surface area (Å²) in [4.78, 5) is 12.4. The molecule has 0 unspecified atom stereocenters. The molecule has 0 radical (unpaired) electrons. The number of thiocarbonyl (C=S) groups is 1. The van der Waals surface area contributed by atoms with Gasteiger partial charge in [0.2, 0.25) is 0 Å². The lowest BCUT2D eigenvalue weighted by molar-refractivity contribution is 0.728. The van der Waals surface area contributed by atoms with Gasteiger partial charge in [0.25, 0.3) is 5.56 Å². The number of halogens is 1. The van der Waals surface area contributed by atoms with Crippen molar-refractivity contribution in [2.75, 3.05) is 0 Å². The van der Waals surface area contributed by atoms with Crippen LogP contribution in [-0.4, -0.2) is 9.56 Å². The van der Waals surface area contributed by atoms with E-state index in [0.29, 0.717) is 12.1 Å². The Balaban J connectivity index is 2.45. The van der Waals surface area contributed by atoms with Gasteiger partial charge in [0, 0.05) is 10.2 Å². The lowest BCUT2D eigenvalue weighted by Gasteiger charge is -2.11. The molecular formula is C14H13BrN2OS. The molecule has 0 aliphatic heterocycles. The largest absolute Gasteiger partial charge is 0.389 e. The van der Waals surface area contributed by atoms with Gasteiger partial charge in [-0.2, -0.15) is 0 Å². The summed E-state index contributed by atoms with van der Waals surface area (Å²) in [6.45, 7) is 2.40. The van der Waals surface area contributed by atoms with Crippen molar-refractivity contribution in [3.63, 3.8) is 0 Å². The summed E-state index contributed by atoms with van der Waals surface area (Å²) in [5.74, 6) is 0. The van der Waals surface area contributed by atoms with Crippen molar-refractivity contribution in [1.29, 1.82) is 0 Å². The van der Waals surface area contributed by atoms with E-state index in [1.807, 2.05) is 37.3 Å². The Kier molecular flexibility index (Phi) is 4.17. The molecule has 2 N–H and O–H groups in total. The van der Waals surface area contributed by atoms with Gasteiger partial charge in [0.05, 0.1) is 12.1 Å². The summed E-state index contributed by atoms with van der Waals surface area (Å²) in [7, 11) is 0. The van der Waals surface area contributed by atoms with Crippen LogP contribution in [0.25, 0.3) is 0 Å². The highest BCUT2D eigenvalue weighted by atomic mass is 79.9. The number of hydrogen-bond donors (Lipinski definition) is 1. The van der Waals surface area contributed by atoms with E-state index in [1.165, 1.54) is 0 Å². The second-order valence-electron chi connectivity index (χ2n) is 4.27. The Bertz CT molecular complexity index is 677. The number of rotatable bonds is 3. The molecule has 0 amide bonds. The van der Waals surface area contributed by atoms with Crippen LogP contribution in [0, 0.1) is 6.92 Å². The number of nitrogens with zero attached hydrogens (tertiary/aromatic N) is 1. The third-order valence-electron chi connectivity index (χ3n) is 2.91. The lowest BCUT2D eigenvalue weighted by Crippen LogP contribution is -2.30. The van der Waals surface area contributed by atoms with Crippen LogP contribution in [0.2, 0.25) is 0 Å². The molecule has 0 fully saturated rings. The van der Waals surface area contributed by atoms with Crippen molar-refractivity contribution in [3.8, 4) is 0 Å². The normalized spacial score (nSPS) is 10.4. The lowest BCUT2D eigenvalue weighted by atomic mass is 10.2. The summed E-state index contributed by atoms with van der Waals surface area (Å²) >= 11 is 8.28. The maximum Gasteiger partial charge on any atom is 0.261 e. The second kappa shape index (κ2) is 5.67. The Labute approximate surface area is 125 Å². The molecule has 98 valence electrons. The predicted molar refractivity (Wildman–Crippen MR) is 84.6 cm³/mol. The molecule has 3 nitrogen and oxygen atoms in total.